The first kappa shape index (κ1) is 23.1. The van der Waals surface area contributed by atoms with E-state index in [4.69, 9.17) is 4.74 Å². The fourth-order valence-corrected chi connectivity index (χ4v) is 4.00. The van der Waals surface area contributed by atoms with Crippen molar-refractivity contribution >= 4 is 32.8 Å². The predicted octanol–water partition coefficient (Wildman–Crippen LogP) is 4.77. The maximum absolute atomic E-state index is 13.0. The lowest BCUT2D eigenvalue weighted by Crippen LogP contribution is -2.15. The summed E-state index contributed by atoms with van der Waals surface area (Å²) in [6.45, 7) is 4.07. The van der Waals surface area contributed by atoms with Crippen LogP contribution in [0.25, 0.3) is 0 Å². The number of hydrazone groups is 1. The van der Waals surface area contributed by atoms with Crippen LogP contribution in [-0.4, -0.2) is 26.2 Å². The van der Waals surface area contributed by atoms with Gasteiger partial charge in [-0.05, 0) is 43.2 Å². The standard InChI is InChI=1S/C20H26N4O5S/c1-4-6-15(7-5-2)21-22-19-13-10-17(24(25)26)14-20(19)30(27,28)23-16-8-11-18(29-3)12-9-16/h8-14,22-23H,4-7H2,1-3H3. The number of rotatable bonds is 11. The second kappa shape index (κ2) is 10.6. The first-order valence-electron chi connectivity index (χ1n) is 9.57. The first-order chi connectivity index (χ1) is 14.3. The number of anilines is 2. The van der Waals surface area contributed by atoms with E-state index in [1.54, 1.807) is 24.3 Å². The molecule has 0 aromatic heterocycles. The van der Waals surface area contributed by atoms with Crippen molar-refractivity contribution in [1.82, 2.24) is 0 Å². The number of sulfonamides is 1. The fraction of sp³-hybridized carbons (Fsp3) is 0.350. The highest BCUT2D eigenvalue weighted by Gasteiger charge is 2.23. The van der Waals surface area contributed by atoms with Crippen molar-refractivity contribution in [1.29, 1.82) is 0 Å². The number of nitrogens with zero attached hydrogens (tertiary/aromatic N) is 2. The van der Waals surface area contributed by atoms with E-state index >= 15 is 0 Å². The maximum atomic E-state index is 13.0. The highest BCUT2D eigenvalue weighted by atomic mass is 32.2. The SMILES string of the molecule is CCCC(CCC)=NNc1ccc([N+](=O)[O-])cc1S(=O)(=O)Nc1ccc(OC)cc1. The minimum Gasteiger partial charge on any atom is -0.497 e. The Hall–Kier alpha value is -3.14. The molecule has 2 aromatic rings. The average molecular weight is 435 g/mol. The second-order valence-corrected chi connectivity index (χ2v) is 8.21. The lowest BCUT2D eigenvalue weighted by Gasteiger charge is -2.13. The van der Waals surface area contributed by atoms with Crippen molar-refractivity contribution in [2.75, 3.05) is 17.3 Å². The molecule has 2 N–H and O–H groups in total. The first-order valence-corrected chi connectivity index (χ1v) is 11.1. The van der Waals surface area contributed by atoms with Gasteiger partial charge in [-0.25, -0.2) is 8.42 Å². The molecule has 0 atom stereocenters. The number of non-ortho nitro benzene ring substituents is 1. The van der Waals surface area contributed by atoms with Crippen LogP contribution in [0.3, 0.4) is 0 Å². The van der Waals surface area contributed by atoms with Crippen LogP contribution in [-0.2, 0) is 10.0 Å². The molecule has 10 heteroatoms. The molecule has 0 saturated heterocycles. The molecule has 162 valence electrons. The quantitative estimate of drug-likeness (QED) is 0.298. The molecule has 2 rings (SSSR count). The Bertz CT molecular complexity index is 996. The Morgan fingerprint density at radius 3 is 2.27 bits per heavy atom. The third kappa shape index (κ3) is 6.18. The van der Waals surface area contributed by atoms with Crippen LogP contribution in [0.2, 0.25) is 0 Å². The molecular weight excluding hydrogens is 408 g/mol. The van der Waals surface area contributed by atoms with Crippen molar-refractivity contribution in [2.45, 2.75) is 44.4 Å². The van der Waals surface area contributed by atoms with E-state index < -0.39 is 14.9 Å². The highest BCUT2D eigenvalue weighted by Crippen LogP contribution is 2.29. The van der Waals surface area contributed by atoms with Crippen LogP contribution in [0.15, 0.2) is 52.5 Å². The second-order valence-electron chi connectivity index (χ2n) is 6.56. The van der Waals surface area contributed by atoms with Crippen LogP contribution >= 0.6 is 0 Å². The van der Waals surface area contributed by atoms with E-state index in [0.29, 0.717) is 11.4 Å². The van der Waals surface area contributed by atoms with Gasteiger partial charge in [0.15, 0.2) is 0 Å². The molecule has 0 bridgehead atoms. The summed E-state index contributed by atoms with van der Waals surface area (Å²) in [5.74, 6) is 0.573. The van der Waals surface area contributed by atoms with Crippen molar-refractivity contribution < 1.29 is 18.1 Å². The molecule has 30 heavy (non-hydrogen) atoms. The van der Waals surface area contributed by atoms with Gasteiger partial charge in [0.05, 0.1) is 17.7 Å². The van der Waals surface area contributed by atoms with E-state index in [2.05, 4.69) is 15.2 Å². The highest BCUT2D eigenvalue weighted by molar-refractivity contribution is 7.92. The largest absolute Gasteiger partial charge is 0.497 e. The molecule has 0 heterocycles. The van der Waals surface area contributed by atoms with Crippen molar-refractivity contribution in [3.63, 3.8) is 0 Å². The Balaban J connectivity index is 2.42. The summed E-state index contributed by atoms with van der Waals surface area (Å²) < 4.78 is 33.5. The lowest BCUT2D eigenvalue weighted by atomic mass is 10.1. The smallest absolute Gasteiger partial charge is 0.270 e. The summed E-state index contributed by atoms with van der Waals surface area (Å²) in [5.41, 5.74) is 3.82. The zero-order valence-electron chi connectivity index (χ0n) is 17.2. The lowest BCUT2D eigenvalue weighted by molar-refractivity contribution is -0.385. The number of ether oxygens (including phenoxy) is 1. The summed E-state index contributed by atoms with van der Waals surface area (Å²) >= 11 is 0. The summed E-state index contributed by atoms with van der Waals surface area (Å²) in [5, 5.41) is 15.5. The van der Waals surface area contributed by atoms with E-state index in [-0.39, 0.29) is 16.3 Å². The normalized spacial score (nSPS) is 10.9. The van der Waals surface area contributed by atoms with Gasteiger partial charge >= 0.3 is 0 Å². The molecule has 0 spiro atoms. The molecule has 0 saturated carbocycles. The van der Waals surface area contributed by atoms with Crippen molar-refractivity contribution in [2.24, 2.45) is 5.10 Å². The Morgan fingerprint density at radius 2 is 1.73 bits per heavy atom. The Labute approximate surface area is 176 Å². The monoisotopic (exact) mass is 434 g/mol. The topological polar surface area (TPSA) is 123 Å². The van der Waals surface area contributed by atoms with E-state index in [1.165, 1.54) is 19.2 Å². The van der Waals surface area contributed by atoms with Gasteiger partial charge in [-0.2, -0.15) is 5.10 Å². The number of nitrogens with one attached hydrogen (secondary N) is 2. The zero-order valence-corrected chi connectivity index (χ0v) is 18.0. The molecule has 0 unspecified atom stereocenters. The average Bonchev–Trinajstić information content (AvgIpc) is 2.72. The molecule has 0 amide bonds. The minimum atomic E-state index is -4.12. The third-order valence-electron chi connectivity index (χ3n) is 4.22. The minimum absolute atomic E-state index is 0.159. The van der Waals surface area contributed by atoms with Crippen LogP contribution < -0.4 is 14.9 Å². The fourth-order valence-electron chi connectivity index (χ4n) is 2.76. The van der Waals surface area contributed by atoms with Gasteiger partial charge in [-0.1, -0.05) is 26.7 Å². The molecule has 0 radical (unpaired) electrons. The number of hydrogen-bond acceptors (Lipinski definition) is 7. The molecular formula is C20H26N4O5S. The van der Waals surface area contributed by atoms with Crippen LogP contribution in [0, 0.1) is 10.1 Å². The molecule has 0 aliphatic carbocycles. The molecule has 2 aromatic carbocycles. The number of hydrogen-bond donors (Lipinski definition) is 2. The maximum Gasteiger partial charge on any atom is 0.270 e. The summed E-state index contributed by atoms with van der Waals surface area (Å²) in [6.07, 6.45) is 3.37. The molecule has 0 aliphatic heterocycles. The van der Waals surface area contributed by atoms with E-state index in [1.807, 2.05) is 13.8 Å². The Kier molecular flexibility index (Phi) is 8.16. The van der Waals surface area contributed by atoms with Gasteiger partial charge in [0, 0.05) is 23.5 Å². The summed E-state index contributed by atoms with van der Waals surface area (Å²) in [7, 11) is -2.61. The van der Waals surface area contributed by atoms with Crippen molar-refractivity contribution in [3.05, 3.63) is 52.6 Å². The van der Waals surface area contributed by atoms with Crippen LogP contribution in [0.4, 0.5) is 17.1 Å². The summed E-state index contributed by atoms with van der Waals surface area (Å²) in [4.78, 5) is 10.3. The van der Waals surface area contributed by atoms with Gasteiger partial charge in [0.25, 0.3) is 15.7 Å². The van der Waals surface area contributed by atoms with Gasteiger partial charge in [-0.3, -0.25) is 20.3 Å². The Morgan fingerprint density at radius 1 is 1.10 bits per heavy atom. The van der Waals surface area contributed by atoms with Gasteiger partial charge in [0.1, 0.15) is 10.6 Å². The van der Waals surface area contributed by atoms with Crippen molar-refractivity contribution in [3.8, 4) is 5.75 Å². The van der Waals surface area contributed by atoms with Crippen LogP contribution in [0.1, 0.15) is 39.5 Å². The number of nitro groups is 1. The molecule has 0 fully saturated rings. The molecule has 9 nitrogen and oxygen atoms in total. The van der Waals surface area contributed by atoms with Gasteiger partial charge in [0.2, 0.25) is 0 Å². The third-order valence-corrected chi connectivity index (χ3v) is 5.64. The van der Waals surface area contributed by atoms with Gasteiger partial charge in [-0.15, -0.1) is 0 Å². The predicted molar refractivity (Wildman–Crippen MR) is 118 cm³/mol. The molecule has 0 aliphatic rings. The number of nitro benzene ring substituents is 1. The van der Waals surface area contributed by atoms with Crippen LogP contribution in [0.5, 0.6) is 5.75 Å². The van der Waals surface area contributed by atoms with E-state index in [9.17, 15) is 18.5 Å². The van der Waals surface area contributed by atoms with E-state index in [0.717, 1.165) is 37.5 Å². The van der Waals surface area contributed by atoms with Gasteiger partial charge < -0.3 is 4.74 Å². The zero-order chi connectivity index (χ0) is 22.1. The summed E-state index contributed by atoms with van der Waals surface area (Å²) in [6, 6.07) is 9.90. The number of benzene rings is 2. The number of methoxy groups -OCH3 is 1.